The number of nitrogens with zero attached hydrogens (tertiary/aromatic N) is 1. The number of halogens is 2. The number of hydrogen-bond donors (Lipinski definition) is 1. The number of ether oxygens (including phenoxy) is 2. The van der Waals surface area contributed by atoms with E-state index in [1.165, 1.54) is 13.2 Å². The van der Waals surface area contributed by atoms with E-state index in [0.717, 1.165) is 37.7 Å². The lowest BCUT2D eigenvalue weighted by Gasteiger charge is -2.25. The van der Waals surface area contributed by atoms with Crippen LogP contribution in [0.3, 0.4) is 0 Å². The van der Waals surface area contributed by atoms with Crippen LogP contribution < -0.4 is 15.2 Å². The van der Waals surface area contributed by atoms with E-state index >= 15 is 0 Å². The third-order valence-corrected chi connectivity index (χ3v) is 5.26. The topological polar surface area (TPSA) is 64.8 Å². The molecule has 0 saturated heterocycles. The van der Waals surface area contributed by atoms with E-state index in [-0.39, 0.29) is 35.4 Å². The highest BCUT2D eigenvalue weighted by molar-refractivity contribution is 5.77. The molecule has 2 N–H and O–H groups in total. The molecule has 0 aromatic heterocycles. The molecule has 0 spiro atoms. The fraction of sp³-hybridized carbons (Fsp3) is 0.632. The number of benzene rings is 1. The Morgan fingerprint density at radius 1 is 1.27 bits per heavy atom. The van der Waals surface area contributed by atoms with Crippen LogP contribution in [0.2, 0.25) is 0 Å². The van der Waals surface area contributed by atoms with Gasteiger partial charge in [-0.05, 0) is 49.3 Å². The Kier molecular flexibility index (Phi) is 5.96. The summed E-state index contributed by atoms with van der Waals surface area (Å²) in [6.45, 7) is -2.47. The first-order valence-electron chi connectivity index (χ1n) is 9.14. The summed E-state index contributed by atoms with van der Waals surface area (Å²) >= 11 is 0. The second kappa shape index (κ2) is 8.20. The molecule has 1 aromatic rings. The number of amides is 1. The van der Waals surface area contributed by atoms with Crippen LogP contribution in [0.15, 0.2) is 18.2 Å². The van der Waals surface area contributed by atoms with Gasteiger partial charge in [0.25, 0.3) is 0 Å². The Morgan fingerprint density at radius 3 is 2.62 bits per heavy atom. The third-order valence-electron chi connectivity index (χ3n) is 5.26. The van der Waals surface area contributed by atoms with Crippen molar-refractivity contribution in [3.63, 3.8) is 0 Å². The fourth-order valence-corrected chi connectivity index (χ4v) is 3.67. The number of nitrogens with two attached hydrogens (primary N) is 1. The van der Waals surface area contributed by atoms with Crippen molar-refractivity contribution in [1.29, 1.82) is 0 Å². The molecule has 0 heterocycles. The van der Waals surface area contributed by atoms with Gasteiger partial charge >= 0.3 is 6.61 Å². The first-order chi connectivity index (χ1) is 12.5. The molecular weight excluding hydrogens is 342 g/mol. The minimum absolute atomic E-state index is 0.00697. The molecule has 2 fully saturated rings. The van der Waals surface area contributed by atoms with E-state index in [9.17, 15) is 13.6 Å². The van der Waals surface area contributed by atoms with Gasteiger partial charge in [0.2, 0.25) is 5.91 Å². The van der Waals surface area contributed by atoms with Crippen molar-refractivity contribution in [1.82, 2.24) is 4.90 Å². The van der Waals surface area contributed by atoms with Crippen molar-refractivity contribution in [3.8, 4) is 11.5 Å². The largest absolute Gasteiger partial charge is 0.493 e. The summed E-state index contributed by atoms with van der Waals surface area (Å²) < 4.78 is 34.5. The van der Waals surface area contributed by atoms with Crippen molar-refractivity contribution in [3.05, 3.63) is 23.8 Å². The fourth-order valence-electron chi connectivity index (χ4n) is 3.67. The number of hydrogen-bond acceptors (Lipinski definition) is 4. The van der Waals surface area contributed by atoms with Crippen LogP contribution >= 0.6 is 0 Å². The molecule has 2 aliphatic carbocycles. The van der Waals surface area contributed by atoms with E-state index in [0.29, 0.717) is 13.0 Å². The Labute approximate surface area is 152 Å². The number of carbonyl (C=O) groups is 1. The maximum atomic E-state index is 12.8. The van der Waals surface area contributed by atoms with Crippen molar-refractivity contribution in [2.24, 2.45) is 11.7 Å². The van der Waals surface area contributed by atoms with E-state index in [1.807, 2.05) is 4.90 Å². The van der Waals surface area contributed by atoms with Crippen LogP contribution in [-0.4, -0.2) is 36.6 Å². The summed E-state index contributed by atoms with van der Waals surface area (Å²) in [7, 11) is 1.41. The van der Waals surface area contributed by atoms with Crippen LogP contribution in [0.5, 0.6) is 11.5 Å². The first-order valence-corrected chi connectivity index (χ1v) is 9.14. The van der Waals surface area contributed by atoms with Gasteiger partial charge in [0.15, 0.2) is 11.5 Å². The van der Waals surface area contributed by atoms with Crippen LogP contribution in [0.1, 0.15) is 44.1 Å². The minimum atomic E-state index is -2.91. The van der Waals surface area contributed by atoms with E-state index in [1.54, 1.807) is 12.1 Å². The van der Waals surface area contributed by atoms with Crippen molar-refractivity contribution in [2.45, 2.75) is 63.8 Å². The summed E-state index contributed by atoms with van der Waals surface area (Å²) in [6.07, 6.45) is 5.59. The predicted molar refractivity (Wildman–Crippen MR) is 93.1 cm³/mol. The summed E-state index contributed by atoms with van der Waals surface area (Å²) in [5, 5.41) is 0. The highest BCUT2D eigenvalue weighted by atomic mass is 19.3. The number of rotatable bonds is 8. The molecular formula is C19H26F2N2O3. The first kappa shape index (κ1) is 18.9. The molecule has 2 aliphatic rings. The van der Waals surface area contributed by atoms with Gasteiger partial charge in [-0.25, -0.2) is 0 Å². The summed E-state index contributed by atoms with van der Waals surface area (Å²) in [5.74, 6) is 0.623. The van der Waals surface area contributed by atoms with Gasteiger partial charge in [0.1, 0.15) is 0 Å². The normalized spacial score (nSPS) is 22.5. The van der Waals surface area contributed by atoms with Crippen LogP contribution in [-0.2, 0) is 11.3 Å². The van der Waals surface area contributed by atoms with Crippen LogP contribution in [0.25, 0.3) is 0 Å². The lowest BCUT2D eigenvalue weighted by molar-refractivity contribution is -0.133. The number of alkyl halides is 2. The van der Waals surface area contributed by atoms with Gasteiger partial charge in [-0.1, -0.05) is 12.5 Å². The molecule has 1 amide bonds. The molecule has 2 atom stereocenters. The molecule has 2 saturated carbocycles. The predicted octanol–water partition coefficient (Wildman–Crippen LogP) is 3.31. The standard InChI is InChI=1S/C19H26F2N2O3/c1-25-17-9-12(5-8-16(17)26-19(20)21)11-23(14-6-7-14)18(24)10-13-3-2-4-15(13)22/h5,8-9,13-15,19H,2-4,6-7,10-11,22H2,1H3/t13-,15+/m0/s1. The Hall–Kier alpha value is -1.89. The molecule has 26 heavy (non-hydrogen) atoms. The number of carbonyl (C=O) groups excluding carboxylic acids is 1. The monoisotopic (exact) mass is 368 g/mol. The SMILES string of the molecule is COc1cc(CN(C(=O)C[C@@H]2CCC[C@H]2N)C2CC2)ccc1OC(F)F. The molecule has 144 valence electrons. The Balaban J connectivity index is 1.68. The van der Waals surface area contributed by atoms with Crippen molar-refractivity contribution in [2.75, 3.05) is 7.11 Å². The highest BCUT2D eigenvalue weighted by Crippen LogP contribution is 2.34. The summed E-state index contributed by atoms with van der Waals surface area (Å²) in [4.78, 5) is 14.7. The molecule has 5 nitrogen and oxygen atoms in total. The van der Waals surface area contributed by atoms with Gasteiger partial charge in [-0.3, -0.25) is 4.79 Å². The lowest BCUT2D eigenvalue weighted by atomic mass is 9.99. The average Bonchev–Trinajstić information content (AvgIpc) is 3.36. The van der Waals surface area contributed by atoms with Gasteiger partial charge in [-0.15, -0.1) is 0 Å². The summed E-state index contributed by atoms with van der Waals surface area (Å²) in [6, 6.07) is 5.20. The van der Waals surface area contributed by atoms with Crippen LogP contribution in [0, 0.1) is 5.92 Å². The average molecular weight is 368 g/mol. The molecule has 0 aliphatic heterocycles. The zero-order valence-electron chi connectivity index (χ0n) is 15.0. The second-order valence-corrected chi connectivity index (χ2v) is 7.18. The van der Waals surface area contributed by atoms with E-state index in [4.69, 9.17) is 10.5 Å². The Bertz CT molecular complexity index is 637. The third kappa shape index (κ3) is 4.63. The van der Waals surface area contributed by atoms with E-state index in [2.05, 4.69) is 4.74 Å². The molecule has 0 radical (unpaired) electrons. The molecule has 0 unspecified atom stereocenters. The second-order valence-electron chi connectivity index (χ2n) is 7.18. The summed E-state index contributed by atoms with van der Waals surface area (Å²) in [5.41, 5.74) is 6.94. The Morgan fingerprint density at radius 2 is 2.04 bits per heavy atom. The molecule has 1 aromatic carbocycles. The van der Waals surface area contributed by atoms with Crippen molar-refractivity contribution < 1.29 is 23.0 Å². The smallest absolute Gasteiger partial charge is 0.387 e. The van der Waals surface area contributed by atoms with Gasteiger partial charge < -0.3 is 20.1 Å². The zero-order chi connectivity index (χ0) is 18.7. The zero-order valence-corrected chi connectivity index (χ0v) is 15.0. The maximum absolute atomic E-state index is 12.8. The lowest BCUT2D eigenvalue weighted by Crippen LogP contribution is -2.36. The molecule has 7 heteroatoms. The van der Waals surface area contributed by atoms with Gasteiger partial charge in [0, 0.05) is 25.0 Å². The van der Waals surface area contributed by atoms with E-state index < -0.39 is 6.61 Å². The molecule has 3 rings (SSSR count). The maximum Gasteiger partial charge on any atom is 0.387 e. The highest BCUT2D eigenvalue weighted by Gasteiger charge is 2.35. The minimum Gasteiger partial charge on any atom is -0.493 e. The van der Waals surface area contributed by atoms with Crippen molar-refractivity contribution >= 4 is 5.91 Å². The van der Waals surface area contributed by atoms with Crippen LogP contribution in [0.4, 0.5) is 8.78 Å². The van der Waals surface area contributed by atoms with Gasteiger partial charge in [-0.2, -0.15) is 8.78 Å². The molecule has 0 bridgehead atoms. The quantitative estimate of drug-likeness (QED) is 0.765. The van der Waals surface area contributed by atoms with Gasteiger partial charge in [0.05, 0.1) is 7.11 Å². The number of methoxy groups -OCH3 is 1.